The number of nitrogens with zero attached hydrogens (tertiary/aromatic N) is 1. The number of benzene rings is 5. The number of rotatable bonds is 14. The molecule has 0 radical (unpaired) electrons. The highest BCUT2D eigenvalue weighted by molar-refractivity contribution is 7.89. The fourth-order valence-electron chi connectivity index (χ4n) is 7.87. The van der Waals surface area contributed by atoms with Gasteiger partial charge in [-0.3, -0.25) is 4.79 Å². The topological polar surface area (TPSA) is 117 Å². The predicted molar refractivity (Wildman–Crippen MR) is 227 cm³/mol. The highest BCUT2D eigenvalue weighted by Gasteiger charge is 2.33. The van der Waals surface area contributed by atoms with Crippen molar-refractivity contribution in [2.45, 2.75) is 94.5 Å². The van der Waals surface area contributed by atoms with Crippen LogP contribution in [0.15, 0.2) is 132 Å². The quantitative estimate of drug-likeness (QED) is 0.104. The minimum Gasteiger partial charge on any atom is -0.392 e. The van der Waals surface area contributed by atoms with Gasteiger partial charge in [0.2, 0.25) is 15.9 Å². The second-order valence-corrected chi connectivity index (χ2v) is 17.4. The Morgan fingerprint density at radius 1 is 0.741 bits per heavy atom. The van der Waals surface area contributed by atoms with E-state index < -0.39 is 28.3 Å². The first-order valence-electron chi connectivity index (χ1n) is 20.6. The monoisotopic (exact) mass is 801 g/mol. The van der Waals surface area contributed by atoms with Gasteiger partial charge in [-0.05, 0) is 96.9 Å². The van der Waals surface area contributed by atoms with Crippen LogP contribution in [0.3, 0.4) is 0 Å². The minimum absolute atomic E-state index is 0.000330. The van der Waals surface area contributed by atoms with E-state index in [1.54, 1.807) is 24.3 Å². The van der Waals surface area contributed by atoms with Gasteiger partial charge in [0.05, 0.1) is 23.7 Å². The first-order chi connectivity index (χ1) is 28.2. The Morgan fingerprint density at radius 2 is 1.41 bits per heavy atom. The molecule has 7 rings (SSSR count). The highest BCUT2D eigenvalue weighted by atomic mass is 32.2. The second kappa shape index (κ2) is 19.8. The van der Waals surface area contributed by atoms with Crippen LogP contribution >= 0.6 is 0 Å². The fraction of sp³-hybridized carbons (Fsp3) is 0.354. The maximum absolute atomic E-state index is 13.7. The predicted octanol–water partition coefficient (Wildman–Crippen LogP) is 8.17. The molecule has 4 atom stereocenters. The molecule has 2 aliphatic heterocycles. The smallest absolute Gasteiger partial charge is 0.241 e. The number of aliphatic hydroxyl groups is 1. The van der Waals surface area contributed by atoms with Crippen LogP contribution in [-0.4, -0.2) is 56.1 Å². The van der Waals surface area contributed by atoms with Crippen LogP contribution in [0, 0.1) is 6.92 Å². The largest absolute Gasteiger partial charge is 0.392 e. The fourth-order valence-corrected chi connectivity index (χ4v) is 9.06. The first-order valence-corrected chi connectivity index (χ1v) is 22.0. The summed E-state index contributed by atoms with van der Waals surface area (Å²) in [5.74, 6) is -0.413. The molecule has 0 aliphatic carbocycles. The standard InChI is InChI=1S/C48H55N3O6S/c1-35-18-24-44(25-19-35)58(54,55)50-45(29-36-12-6-5-7-13-36)47(53)49-32-38-14-10-15-40(28-38)41-16-11-17-42(30-41)48-56-43(33-51-26-8-3-2-4-9-27-51)31-46(57-48)39-22-20-37(34-52)21-23-39/h5-7,10-25,28,30,43,45-46,48,50,52H,2-4,8-9,26-27,29,31-34H2,1H3,(H,49,53). The maximum Gasteiger partial charge on any atom is 0.241 e. The van der Waals surface area contributed by atoms with Crippen molar-refractivity contribution in [3.8, 4) is 11.1 Å². The van der Waals surface area contributed by atoms with Crippen LogP contribution in [0.4, 0.5) is 0 Å². The van der Waals surface area contributed by atoms with Gasteiger partial charge < -0.3 is 24.8 Å². The van der Waals surface area contributed by atoms with Gasteiger partial charge in [-0.15, -0.1) is 0 Å². The molecule has 0 spiro atoms. The van der Waals surface area contributed by atoms with E-state index in [4.69, 9.17) is 9.47 Å². The highest BCUT2D eigenvalue weighted by Crippen LogP contribution is 2.39. The molecule has 4 unspecified atom stereocenters. The number of nitrogens with one attached hydrogen (secondary N) is 2. The number of aliphatic hydroxyl groups excluding tert-OH is 1. The normalized spacial score (nSPS) is 19.8. The van der Waals surface area contributed by atoms with E-state index in [2.05, 4.69) is 39.2 Å². The Labute approximate surface area is 343 Å². The van der Waals surface area contributed by atoms with Crippen molar-refractivity contribution < 1.29 is 27.8 Å². The van der Waals surface area contributed by atoms with Crippen LogP contribution in [-0.2, 0) is 43.9 Å². The van der Waals surface area contributed by atoms with Gasteiger partial charge in [-0.1, -0.05) is 128 Å². The number of carbonyl (C=O) groups is 1. The summed E-state index contributed by atoms with van der Waals surface area (Å²) in [6.45, 7) is 5.14. The van der Waals surface area contributed by atoms with Gasteiger partial charge in [-0.2, -0.15) is 4.72 Å². The van der Waals surface area contributed by atoms with Crippen LogP contribution in [0.5, 0.6) is 0 Å². The van der Waals surface area contributed by atoms with Gasteiger partial charge in [0.1, 0.15) is 6.04 Å². The third-order valence-corrected chi connectivity index (χ3v) is 12.6. The van der Waals surface area contributed by atoms with E-state index in [1.807, 2.05) is 85.8 Å². The number of amides is 1. The molecule has 9 nitrogen and oxygen atoms in total. The van der Waals surface area contributed by atoms with Crippen LogP contribution in [0.2, 0.25) is 0 Å². The molecule has 3 N–H and O–H groups in total. The third kappa shape index (κ3) is 11.3. The Bertz CT molecular complexity index is 2190. The van der Waals surface area contributed by atoms with Crippen molar-refractivity contribution in [3.05, 3.63) is 161 Å². The number of likely N-dealkylation sites (tertiary alicyclic amines) is 1. The molecule has 304 valence electrons. The van der Waals surface area contributed by atoms with E-state index in [0.29, 0.717) is 0 Å². The molecule has 10 heteroatoms. The van der Waals surface area contributed by atoms with Crippen molar-refractivity contribution in [2.24, 2.45) is 0 Å². The third-order valence-electron chi connectivity index (χ3n) is 11.1. The van der Waals surface area contributed by atoms with Crippen LogP contribution in [0.1, 0.15) is 84.3 Å². The van der Waals surface area contributed by atoms with Crippen molar-refractivity contribution in [3.63, 3.8) is 0 Å². The minimum atomic E-state index is -3.96. The summed E-state index contributed by atoms with van der Waals surface area (Å²) in [5.41, 5.74) is 7.49. The lowest BCUT2D eigenvalue weighted by Crippen LogP contribution is -2.47. The summed E-state index contributed by atoms with van der Waals surface area (Å²) >= 11 is 0. The Hall–Kier alpha value is -4.68. The maximum atomic E-state index is 13.7. The number of sulfonamides is 1. The zero-order chi connectivity index (χ0) is 40.3. The Balaban J connectivity index is 1.06. The molecule has 2 aliphatic rings. The van der Waals surface area contributed by atoms with Gasteiger partial charge in [0.25, 0.3) is 0 Å². The molecule has 2 fully saturated rings. The van der Waals surface area contributed by atoms with Gasteiger partial charge in [0, 0.05) is 25.1 Å². The summed E-state index contributed by atoms with van der Waals surface area (Å²) in [7, 11) is -3.96. The summed E-state index contributed by atoms with van der Waals surface area (Å²) in [5, 5.41) is 12.6. The lowest BCUT2D eigenvalue weighted by molar-refractivity contribution is -0.253. The molecule has 2 saturated heterocycles. The molecular weight excluding hydrogens is 747 g/mol. The molecule has 5 aromatic rings. The molecule has 0 aromatic heterocycles. The Kier molecular flexibility index (Phi) is 14.2. The summed E-state index contributed by atoms with van der Waals surface area (Å²) < 4.78 is 42.9. The zero-order valence-electron chi connectivity index (χ0n) is 33.3. The van der Waals surface area contributed by atoms with Crippen LogP contribution in [0.25, 0.3) is 11.1 Å². The van der Waals surface area contributed by atoms with Gasteiger partial charge >= 0.3 is 0 Å². The number of hydrogen-bond acceptors (Lipinski definition) is 7. The summed E-state index contributed by atoms with van der Waals surface area (Å²) in [6, 6.07) is 39.2. The van der Waals surface area contributed by atoms with E-state index in [-0.39, 0.29) is 36.7 Å². The average Bonchev–Trinajstić information content (AvgIpc) is 3.24. The van der Waals surface area contributed by atoms with E-state index >= 15 is 0 Å². The summed E-state index contributed by atoms with van der Waals surface area (Å²) in [6.07, 6.45) is 6.51. The van der Waals surface area contributed by atoms with Crippen LogP contribution < -0.4 is 10.0 Å². The molecule has 58 heavy (non-hydrogen) atoms. The second-order valence-electron chi connectivity index (χ2n) is 15.6. The van der Waals surface area contributed by atoms with Crippen molar-refractivity contribution in [1.29, 1.82) is 0 Å². The Morgan fingerprint density at radius 3 is 2.14 bits per heavy atom. The first kappa shape index (κ1) is 41.5. The molecular formula is C48H55N3O6S. The van der Waals surface area contributed by atoms with E-state index in [9.17, 15) is 18.3 Å². The van der Waals surface area contributed by atoms with Crippen molar-refractivity contribution >= 4 is 15.9 Å². The number of carbonyl (C=O) groups excluding carboxylic acids is 1. The van der Waals surface area contributed by atoms with Crippen molar-refractivity contribution in [1.82, 2.24) is 14.9 Å². The molecule has 2 heterocycles. The summed E-state index contributed by atoms with van der Waals surface area (Å²) in [4.78, 5) is 16.4. The SMILES string of the molecule is Cc1ccc(S(=O)(=O)NC(Cc2ccccc2)C(=O)NCc2cccc(-c3cccc(C4OC(CN5CCCCCCC5)CC(c5ccc(CO)cc5)O4)c3)c2)cc1. The van der Waals surface area contributed by atoms with Crippen molar-refractivity contribution in [2.75, 3.05) is 19.6 Å². The lowest BCUT2D eigenvalue weighted by atomic mass is 9.98. The van der Waals surface area contributed by atoms with Gasteiger partial charge in [0.15, 0.2) is 6.29 Å². The zero-order valence-corrected chi connectivity index (χ0v) is 34.1. The number of hydrogen-bond donors (Lipinski definition) is 3. The number of aryl methyl sites for hydroxylation is 1. The molecule has 5 aromatic carbocycles. The molecule has 0 saturated carbocycles. The van der Waals surface area contributed by atoms with E-state index in [0.717, 1.165) is 70.6 Å². The lowest BCUT2D eigenvalue weighted by Gasteiger charge is -2.39. The van der Waals surface area contributed by atoms with Gasteiger partial charge in [-0.25, -0.2) is 8.42 Å². The van der Waals surface area contributed by atoms with E-state index in [1.165, 1.54) is 32.1 Å². The number of ether oxygens (including phenoxy) is 2. The molecule has 0 bridgehead atoms. The average molecular weight is 802 g/mol. The molecule has 1 amide bonds.